The molecule has 21 heavy (non-hydrogen) atoms. The molecule has 1 nitrogen and oxygen atoms in total. The molecule has 3 unspecified atom stereocenters. The Morgan fingerprint density at radius 2 is 2.05 bits per heavy atom. The summed E-state index contributed by atoms with van der Waals surface area (Å²) in [5.74, 6) is 2.06. The summed E-state index contributed by atoms with van der Waals surface area (Å²) in [4.78, 5) is 0. The third-order valence-corrected chi connectivity index (χ3v) is 5.07. The van der Waals surface area contributed by atoms with Crippen LogP contribution >= 0.6 is 0 Å². The van der Waals surface area contributed by atoms with E-state index in [1.807, 2.05) is 13.0 Å². The van der Waals surface area contributed by atoms with Gasteiger partial charge in [-0.05, 0) is 67.8 Å². The number of aryl methyl sites for hydroxylation is 1. The van der Waals surface area contributed by atoms with E-state index in [1.165, 1.54) is 37.7 Å². The number of hydrogen-bond acceptors (Lipinski definition) is 1. The second-order valence-corrected chi connectivity index (χ2v) is 6.65. The van der Waals surface area contributed by atoms with E-state index in [0.717, 1.165) is 24.6 Å². The SMILES string of the molecule is CCCC1CCC(CNCC)C(c2ccc(F)c(C)c2)C1. The predicted octanol–water partition coefficient (Wildman–Crippen LogP) is 5.04. The average molecular weight is 291 g/mol. The maximum Gasteiger partial charge on any atom is 0.126 e. The van der Waals surface area contributed by atoms with Crippen molar-refractivity contribution in [3.63, 3.8) is 0 Å². The van der Waals surface area contributed by atoms with Gasteiger partial charge in [0.2, 0.25) is 0 Å². The standard InChI is InChI=1S/C19H30FN/c1-4-6-15-7-8-17(13-21-5-2)18(12-15)16-9-10-19(20)14(3)11-16/h9-11,15,17-18,21H,4-8,12-13H2,1-3H3. The summed E-state index contributed by atoms with van der Waals surface area (Å²) in [5, 5.41) is 3.52. The van der Waals surface area contributed by atoms with Gasteiger partial charge in [-0.2, -0.15) is 0 Å². The molecule has 1 fully saturated rings. The number of benzene rings is 1. The minimum absolute atomic E-state index is 0.0806. The number of rotatable bonds is 6. The van der Waals surface area contributed by atoms with Crippen LogP contribution in [0, 0.1) is 24.6 Å². The van der Waals surface area contributed by atoms with Crippen LogP contribution in [0.5, 0.6) is 0 Å². The Balaban J connectivity index is 2.16. The van der Waals surface area contributed by atoms with Crippen molar-refractivity contribution in [3.05, 3.63) is 35.1 Å². The van der Waals surface area contributed by atoms with Crippen LogP contribution in [-0.2, 0) is 0 Å². The topological polar surface area (TPSA) is 12.0 Å². The molecular formula is C19H30FN. The fraction of sp³-hybridized carbons (Fsp3) is 0.684. The van der Waals surface area contributed by atoms with Crippen LogP contribution in [0.3, 0.4) is 0 Å². The van der Waals surface area contributed by atoms with Crippen molar-refractivity contribution in [3.8, 4) is 0 Å². The fourth-order valence-corrected chi connectivity index (χ4v) is 3.87. The van der Waals surface area contributed by atoms with Crippen molar-refractivity contribution in [2.45, 2.75) is 58.8 Å². The zero-order valence-corrected chi connectivity index (χ0v) is 13.8. The van der Waals surface area contributed by atoms with Gasteiger partial charge >= 0.3 is 0 Å². The summed E-state index contributed by atoms with van der Waals surface area (Å²) in [6.45, 7) is 8.45. The van der Waals surface area contributed by atoms with Gasteiger partial charge in [-0.1, -0.05) is 45.2 Å². The minimum Gasteiger partial charge on any atom is -0.317 e. The van der Waals surface area contributed by atoms with Crippen molar-refractivity contribution < 1.29 is 4.39 Å². The molecule has 1 aromatic carbocycles. The van der Waals surface area contributed by atoms with E-state index in [0.29, 0.717) is 11.8 Å². The minimum atomic E-state index is -0.0806. The molecule has 1 saturated carbocycles. The molecule has 1 aliphatic carbocycles. The molecular weight excluding hydrogens is 261 g/mol. The van der Waals surface area contributed by atoms with Crippen LogP contribution in [0.1, 0.15) is 63.0 Å². The smallest absolute Gasteiger partial charge is 0.126 e. The van der Waals surface area contributed by atoms with Crippen molar-refractivity contribution in [1.29, 1.82) is 0 Å². The van der Waals surface area contributed by atoms with Gasteiger partial charge < -0.3 is 5.32 Å². The second kappa shape index (κ2) is 7.93. The highest BCUT2D eigenvalue weighted by molar-refractivity contribution is 5.28. The first-order chi connectivity index (χ1) is 10.2. The average Bonchev–Trinajstić information content (AvgIpc) is 2.49. The van der Waals surface area contributed by atoms with Crippen LogP contribution in [0.4, 0.5) is 4.39 Å². The summed E-state index contributed by atoms with van der Waals surface area (Å²) in [6.07, 6.45) is 6.55. The van der Waals surface area contributed by atoms with E-state index in [9.17, 15) is 4.39 Å². The van der Waals surface area contributed by atoms with E-state index in [-0.39, 0.29) is 5.82 Å². The third kappa shape index (κ3) is 4.29. The van der Waals surface area contributed by atoms with Crippen molar-refractivity contribution in [2.75, 3.05) is 13.1 Å². The number of halogens is 1. The lowest BCUT2D eigenvalue weighted by Crippen LogP contribution is -2.32. The lowest BCUT2D eigenvalue weighted by molar-refractivity contribution is 0.221. The molecule has 0 saturated heterocycles. The molecule has 2 rings (SSSR count). The van der Waals surface area contributed by atoms with Gasteiger partial charge in [0.25, 0.3) is 0 Å². The Labute approximate surface area is 129 Å². The van der Waals surface area contributed by atoms with Gasteiger partial charge in [-0.15, -0.1) is 0 Å². The van der Waals surface area contributed by atoms with Crippen molar-refractivity contribution in [2.24, 2.45) is 11.8 Å². The molecule has 0 aliphatic heterocycles. The molecule has 118 valence electrons. The first-order valence-corrected chi connectivity index (χ1v) is 8.62. The fourth-order valence-electron chi connectivity index (χ4n) is 3.87. The Hall–Kier alpha value is -0.890. The first-order valence-electron chi connectivity index (χ1n) is 8.62. The van der Waals surface area contributed by atoms with E-state index >= 15 is 0 Å². The highest BCUT2D eigenvalue weighted by Crippen LogP contribution is 2.42. The normalized spacial score (nSPS) is 26.0. The van der Waals surface area contributed by atoms with Gasteiger partial charge in [-0.3, -0.25) is 0 Å². The van der Waals surface area contributed by atoms with Crippen LogP contribution in [0.25, 0.3) is 0 Å². The quantitative estimate of drug-likeness (QED) is 0.774. The maximum atomic E-state index is 13.6. The molecule has 0 aromatic heterocycles. The lowest BCUT2D eigenvalue weighted by atomic mass is 9.70. The number of hydrogen-bond donors (Lipinski definition) is 1. The molecule has 0 heterocycles. The second-order valence-electron chi connectivity index (χ2n) is 6.65. The number of nitrogens with one attached hydrogen (secondary N) is 1. The molecule has 1 aromatic rings. The van der Waals surface area contributed by atoms with Gasteiger partial charge in [-0.25, -0.2) is 4.39 Å². The van der Waals surface area contributed by atoms with Gasteiger partial charge in [0, 0.05) is 0 Å². The highest BCUT2D eigenvalue weighted by atomic mass is 19.1. The van der Waals surface area contributed by atoms with Crippen molar-refractivity contribution >= 4 is 0 Å². The first kappa shape index (κ1) is 16.5. The van der Waals surface area contributed by atoms with Gasteiger partial charge in [0.1, 0.15) is 5.82 Å². The van der Waals surface area contributed by atoms with Crippen LogP contribution < -0.4 is 5.32 Å². The summed E-state index contributed by atoms with van der Waals surface area (Å²) >= 11 is 0. The van der Waals surface area contributed by atoms with E-state index in [4.69, 9.17) is 0 Å². The Morgan fingerprint density at radius 1 is 1.24 bits per heavy atom. The van der Waals surface area contributed by atoms with Crippen molar-refractivity contribution in [1.82, 2.24) is 5.32 Å². The zero-order valence-electron chi connectivity index (χ0n) is 13.8. The van der Waals surface area contributed by atoms with Gasteiger partial charge in [0.05, 0.1) is 0 Å². The Morgan fingerprint density at radius 3 is 2.71 bits per heavy atom. The third-order valence-electron chi connectivity index (χ3n) is 5.07. The predicted molar refractivity (Wildman–Crippen MR) is 88.2 cm³/mol. The molecule has 0 amide bonds. The van der Waals surface area contributed by atoms with Crippen LogP contribution in [0.15, 0.2) is 18.2 Å². The highest BCUT2D eigenvalue weighted by Gasteiger charge is 2.31. The van der Waals surface area contributed by atoms with E-state index < -0.39 is 0 Å². The monoisotopic (exact) mass is 291 g/mol. The zero-order chi connectivity index (χ0) is 15.2. The summed E-state index contributed by atoms with van der Waals surface area (Å²) < 4.78 is 13.6. The van der Waals surface area contributed by atoms with E-state index in [2.05, 4.69) is 25.2 Å². The maximum absolute atomic E-state index is 13.6. The van der Waals surface area contributed by atoms with Crippen LogP contribution in [-0.4, -0.2) is 13.1 Å². The molecule has 0 spiro atoms. The Bertz CT molecular complexity index is 443. The molecule has 3 atom stereocenters. The van der Waals surface area contributed by atoms with Gasteiger partial charge in [0.15, 0.2) is 0 Å². The largest absolute Gasteiger partial charge is 0.317 e. The summed E-state index contributed by atoms with van der Waals surface area (Å²) in [7, 11) is 0. The summed E-state index contributed by atoms with van der Waals surface area (Å²) in [6, 6.07) is 5.74. The molecule has 0 radical (unpaired) electrons. The molecule has 1 aliphatic rings. The summed E-state index contributed by atoms with van der Waals surface area (Å²) in [5.41, 5.74) is 2.13. The van der Waals surface area contributed by atoms with Crippen LogP contribution in [0.2, 0.25) is 0 Å². The lowest BCUT2D eigenvalue weighted by Gasteiger charge is -2.37. The van der Waals surface area contributed by atoms with E-state index in [1.54, 1.807) is 6.07 Å². The molecule has 2 heteroatoms. The molecule has 1 N–H and O–H groups in total. The Kier molecular flexibility index (Phi) is 6.22. The molecule has 0 bridgehead atoms.